The number of benzene rings is 1. The van der Waals surface area contributed by atoms with Gasteiger partial charge < -0.3 is 5.32 Å². The molecule has 1 aromatic carbocycles. The second kappa shape index (κ2) is 6.53. The summed E-state index contributed by atoms with van der Waals surface area (Å²) in [6, 6.07) is 4.80. The van der Waals surface area contributed by atoms with Crippen molar-refractivity contribution in [2.45, 2.75) is 13.3 Å². The van der Waals surface area contributed by atoms with Crippen LogP contribution in [0.4, 0.5) is 10.1 Å². The van der Waals surface area contributed by atoms with E-state index in [2.05, 4.69) is 5.32 Å². The van der Waals surface area contributed by atoms with Gasteiger partial charge in [-0.2, -0.15) is 0 Å². The fourth-order valence-electron chi connectivity index (χ4n) is 1.30. The SMILES string of the molecule is CCS(=O)(=O)CCCNc1cccc(F)c1I. The molecule has 0 aliphatic carbocycles. The largest absolute Gasteiger partial charge is 0.384 e. The van der Waals surface area contributed by atoms with Gasteiger partial charge in [-0.1, -0.05) is 13.0 Å². The van der Waals surface area contributed by atoms with Crippen LogP contribution in [0.15, 0.2) is 18.2 Å². The Bertz CT molecular complexity index is 476. The minimum Gasteiger partial charge on any atom is -0.384 e. The van der Waals surface area contributed by atoms with Crippen LogP contribution in [0.2, 0.25) is 0 Å². The highest BCUT2D eigenvalue weighted by Crippen LogP contribution is 2.20. The molecular weight excluding hydrogens is 356 g/mol. The van der Waals surface area contributed by atoms with E-state index in [1.54, 1.807) is 19.1 Å². The molecule has 0 aliphatic rings. The molecule has 0 spiro atoms. The van der Waals surface area contributed by atoms with E-state index in [0.29, 0.717) is 22.2 Å². The minimum absolute atomic E-state index is 0.169. The second-order valence-electron chi connectivity index (χ2n) is 3.62. The van der Waals surface area contributed by atoms with Gasteiger partial charge in [-0.05, 0) is 41.1 Å². The first-order chi connectivity index (χ1) is 7.96. The molecule has 0 heterocycles. The number of hydrogen-bond donors (Lipinski definition) is 1. The van der Waals surface area contributed by atoms with Gasteiger partial charge >= 0.3 is 0 Å². The lowest BCUT2D eigenvalue weighted by atomic mass is 10.3. The molecule has 1 aromatic rings. The topological polar surface area (TPSA) is 46.2 Å². The molecule has 0 saturated carbocycles. The monoisotopic (exact) mass is 371 g/mol. The second-order valence-corrected chi connectivity index (χ2v) is 7.17. The Hall–Kier alpha value is -0.370. The molecule has 0 amide bonds. The molecule has 0 fully saturated rings. The summed E-state index contributed by atoms with van der Waals surface area (Å²) in [6.07, 6.45) is 0.531. The Morgan fingerprint density at radius 1 is 1.41 bits per heavy atom. The summed E-state index contributed by atoms with van der Waals surface area (Å²) in [6.45, 7) is 2.16. The first-order valence-corrected chi connectivity index (χ1v) is 8.24. The summed E-state index contributed by atoms with van der Waals surface area (Å²) >= 11 is 1.92. The summed E-state index contributed by atoms with van der Waals surface area (Å²) in [4.78, 5) is 0. The van der Waals surface area contributed by atoms with Crippen LogP contribution in [0.5, 0.6) is 0 Å². The van der Waals surface area contributed by atoms with Gasteiger partial charge in [0, 0.05) is 12.3 Å². The Balaban J connectivity index is 2.44. The van der Waals surface area contributed by atoms with Gasteiger partial charge in [0.05, 0.1) is 15.0 Å². The first-order valence-electron chi connectivity index (χ1n) is 5.34. The summed E-state index contributed by atoms with van der Waals surface area (Å²) in [5.74, 6) is 0.0733. The Morgan fingerprint density at radius 2 is 2.12 bits per heavy atom. The highest BCUT2D eigenvalue weighted by molar-refractivity contribution is 14.1. The molecule has 17 heavy (non-hydrogen) atoms. The molecule has 96 valence electrons. The minimum atomic E-state index is -2.91. The third-order valence-corrected chi connectivity index (χ3v) is 5.23. The van der Waals surface area contributed by atoms with Gasteiger partial charge in [0.25, 0.3) is 0 Å². The highest BCUT2D eigenvalue weighted by Gasteiger charge is 2.07. The predicted octanol–water partition coefficient (Wildman–Crippen LogP) is 2.67. The molecule has 1 rings (SSSR count). The molecule has 1 N–H and O–H groups in total. The van der Waals surface area contributed by atoms with Crippen LogP contribution in [0.1, 0.15) is 13.3 Å². The van der Waals surface area contributed by atoms with Crippen molar-refractivity contribution in [1.82, 2.24) is 0 Å². The predicted molar refractivity (Wildman–Crippen MR) is 76.6 cm³/mol. The van der Waals surface area contributed by atoms with Gasteiger partial charge in [0.1, 0.15) is 15.7 Å². The van der Waals surface area contributed by atoms with Crippen LogP contribution in [0, 0.1) is 9.39 Å². The number of anilines is 1. The van der Waals surface area contributed by atoms with Crippen molar-refractivity contribution in [3.05, 3.63) is 27.6 Å². The molecular formula is C11H15FINO2S. The molecule has 0 radical (unpaired) electrons. The zero-order valence-corrected chi connectivity index (χ0v) is 12.5. The first kappa shape index (κ1) is 14.7. The van der Waals surface area contributed by atoms with E-state index < -0.39 is 9.84 Å². The smallest absolute Gasteiger partial charge is 0.150 e. The molecule has 0 aromatic heterocycles. The summed E-state index contributed by atoms with van der Waals surface area (Å²) in [7, 11) is -2.91. The van der Waals surface area contributed by atoms with Gasteiger partial charge in [0.15, 0.2) is 0 Å². The lowest BCUT2D eigenvalue weighted by Crippen LogP contribution is -2.13. The molecule has 0 saturated heterocycles. The molecule has 3 nitrogen and oxygen atoms in total. The molecule has 0 bridgehead atoms. The zero-order chi connectivity index (χ0) is 12.9. The van der Waals surface area contributed by atoms with E-state index in [-0.39, 0.29) is 17.3 Å². The molecule has 0 atom stereocenters. The maximum Gasteiger partial charge on any atom is 0.150 e. The third kappa shape index (κ3) is 4.79. The summed E-state index contributed by atoms with van der Waals surface area (Å²) in [5.41, 5.74) is 0.708. The van der Waals surface area contributed by atoms with E-state index >= 15 is 0 Å². The van der Waals surface area contributed by atoms with Crippen LogP contribution in [-0.4, -0.2) is 26.5 Å². The van der Waals surface area contributed by atoms with Crippen molar-refractivity contribution in [2.24, 2.45) is 0 Å². The number of sulfone groups is 1. The van der Waals surface area contributed by atoms with Gasteiger partial charge in [-0.15, -0.1) is 0 Å². The lowest BCUT2D eigenvalue weighted by Gasteiger charge is -2.08. The van der Waals surface area contributed by atoms with E-state index in [9.17, 15) is 12.8 Å². The van der Waals surface area contributed by atoms with E-state index in [0.717, 1.165) is 0 Å². The summed E-state index contributed by atoms with van der Waals surface area (Å²) in [5, 5.41) is 3.04. The van der Waals surface area contributed by atoms with E-state index in [1.165, 1.54) is 6.07 Å². The van der Waals surface area contributed by atoms with Crippen LogP contribution >= 0.6 is 22.6 Å². The van der Waals surface area contributed by atoms with Crippen LogP contribution in [0.3, 0.4) is 0 Å². The van der Waals surface area contributed by atoms with Crippen LogP contribution in [0.25, 0.3) is 0 Å². The van der Waals surface area contributed by atoms with Gasteiger partial charge in [0.2, 0.25) is 0 Å². The zero-order valence-electron chi connectivity index (χ0n) is 9.54. The lowest BCUT2D eigenvalue weighted by molar-refractivity contribution is 0.595. The van der Waals surface area contributed by atoms with Crippen LogP contribution in [-0.2, 0) is 9.84 Å². The Kier molecular flexibility index (Phi) is 5.64. The molecule has 0 aliphatic heterocycles. The highest BCUT2D eigenvalue weighted by atomic mass is 127. The van der Waals surface area contributed by atoms with Crippen molar-refractivity contribution >= 4 is 38.1 Å². The normalized spacial score (nSPS) is 11.5. The van der Waals surface area contributed by atoms with Crippen molar-refractivity contribution in [1.29, 1.82) is 0 Å². The Morgan fingerprint density at radius 3 is 2.76 bits per heavy atom. The van der Waals surface area contributed by atoms with Crippen molar-refractivity contribution < 1.29 is 12.8 Å². The maximum absolute atomic E-state index is 13.2. The number of rotatable bonds is 6. The van der Waals surface area contributed by atoms with E-state index in [1.807, 2.05) is 22.6 Å². The average molecular weight is 371 g/mol. The fourth-order valence-corrected chi connectivity index (χ4v) is 2.72. The van der Waals surface area contributed by atoms with E-state index in [4.69, 9.17) is 0 Å². The fraction of sp³-hybridized carbons (Fsp3) is 0.455. The standard InChI is InChI=1S/C11H15FINO2S/c1-2-17(15,16)8-4-7-14-10-6-3-5-9(12)11(10)13/h3,5-6,14H,2,4,7-8H2,1H3. The quantitative estimate of drug-likeness (QED) is 0.618. The van der Waals surface area contributed by atoms with Crippen molar-refractivity contribution in [3.8, 4) is 0 Å². The van der Waals surface area contributed by atoms with Crippen molar-refractivity contribution in [3.63, 3.8) is 0 Å². The van der Waals surface area contributed by atoms with Gasteiger partial charge in [-0.25, -0.2) is 12.8 Å². The number of nitrogens with one attached hydrogen (secondary N) is 1. The van der Waals surface area contributed by atoms with Gasteiger partial charge in [-0.3, -0.25) is 0 Å². The summed E-state index contributed by atoms with van der Waals surface area (Å²) < 4.78 is 36.2. The average Bonchev–Trinajstić information content (AvgIpc) is 2.30. The Labute approximate surface area is 115 Å². The van der Waals surface area contributed by atoms with Crippen molar-refractivity contribution in [2.75, 3.05) is 23.4 Å². The number of hydrogen-bond acceptors (Lipinski definition) is 3. The maximum atomic E-state index is 13.2. The van der Waals surface area contributed by atoms with Crippen LogP contribution < -0.4 is 5.32 Å². The molecule has 6 heteroatoms. The third-order valence-electron chi connectivity index (χ3n) is 2.34. The molecule has 0 unspecified atom stereocenters. The number of halogens is 2.